The minimum Gasteiger partial charge on any atom is -0.506 e. The molecule has 0 radical (unpaired) electrons. The molecule has 21 heavy (non-hydrogen) atoms. The smallest absolute Gasteiger partial charge is 0.257 e. The van der Waals surface area contributed by atoms with Crippen LogP contribution in [-0.2, 0) is 6.54 Å². The quantitative estimate of drug-likeness (QED) is 0.814. The molecule has 6 heteroatoms. The second-order valence-electron chi connectivity index (χ2n) is 4.67. The van der Waals surface area contributed by atoms with Crippen LogP contribution in [0.4, 0.5) is 0 Å². The highest BCUT2D eigenvalue weighted by Gasteiger charge is 2.20. The topological polar surface area (TPSA) is 40.5 Å². The Morgan fingerprint density at radius 2 is 2.14 bits per heavy atom. The van der Waals surface area contributed by atoms with Crippen molar-refractivity contribution in [1.82, 2.24) is 4.90 Å². The summed E-state index contributed by atoms with van der Waals surface area (Å²) in [7, 11) is 0. The third-order valence-electron chi connectivity index (χ3n) is 3.08. The maximum atomic E-state index is 12.6. The number of amides is 1. The Bertz CT molecular complexity index is 672. The van der Waals surface area contributed by atoms with Gasteiger partial charge in [-0.05, 0) is 59.6 Å². The molecule has 3 nitrogen and oxygen atoms in total. The molecule has 0 saturated heterocycles. The highest BCUT2D eigenvalue weighted by molar-refractivity contribution is 9.10. The monoisotopic (exact) mass is 387 g/mol. The summed E-state index contributed by atoms with van der Waals surface area (Å²) in [6, 6.07) is 7.21. The summed E-state index contributed by atoms with van der Waals surface area (Å²) in [6.07, 6.45) is 0. The zero-order valence-corrected chi connectivity index (χ0v) is 14.8. The summed E-state index contributed by atoms with van der Waals surface area (Å²) in [4.78, 5) is 15.3. The van der Waals surface area contributed by atoms with E-state index in [2.05, 4.69) is 15.9 Å². The van der Waals surface area contributed by atoms with E-state index < -0.39 is 0 Å². The summed E-state index contributed by atoms with van der Waals surface area (Å²) in [5.41, 5.74) is 1.23. The normalized spacial score (nSPS) is 10.7. The average molecular weight is 389 g/mol. The lowest BCUT2D eigenvalue weighted by Gasteiger charge is -2.21. The van der Waals surface area contributed by atoms with E-state index in [1.807, 2.05) is 26.0 Å². The molecule has 0 aliphatic heterocycles. The van der Waals surface area contributed by atoms with Crippen LogP contribution in [0.5, 0.6) is 5.75 Å². The summed E-state index contributed by atoms with van der Waals surface area (Å²) in [5, 5.41) is 10.1. The van der Waals surface area contributed by atoms with Crippen LogP contribution in [0.3, 0.4) is 0 Å². The van der Waals surface area contributed by atoms with Crippen molar-refractivity contribution < 1.29 is 9.90 Å². The zero-order chi connectivity index (χ0) is 15.6. The number of phenols is 1. The van der Waals surface area contributed by atoms with Gasteiger partial charge >= 0.3 is 0 Å². The molecule has 0 aliphatic carbocycles. The predicted molar refractivity (Wildman–Crippen MR) is 90.3 cm³/mol. The number of nitrogens with zero attached hydrogens (tertiary/aromatic N) is 1. The Hall–Kier alpha value is -1.04. The van der Waals surface area contributed by atoms with Crippen molar-refractivity contribution in [3.63, 3.8) is 0 Å². The maximum absolute atomic E-state index is 12.6. The molecule has 112 valence electrons. The lowest BCUT2D eigenvalue weighted by molar-refractivity contribution is 0.0751. The van der Waals surface area contributed by atoms with E-state index in [1.54, 1.807) is 17.0 Å². The molecular weight excluding hydrogens is 374 g/mol. The van der Waals surface area contributed by atoms with E-state index >= 15 is 0 Å². The molecule has 2 aromatic rings. The van der Waals surface area contributed by atoms with Gasteiger partial charge in [0.15, 0.2) is 0 Å². The Morgan fingerprint density at radius 3 is 2.71 bits per heavy atom. The van der Waals surface area contributed by atoms with Crippen LogP contribution < -0.4 is 0 Å². The van der Waals surface area contributed by atoms with Gasteiger partial charge in [0.25, 0.3) is 5.91 Å². The van der Waals surface area contributed by atoms with Gasteiger partial charge in [-0.15, -0.1) is 11.3 Å². The summed E-state index contributed by atoms with van der Waals surface area (Å²) in [5.74, 6) is -0.211. The van der Waals surface area contributed by atoms with Gasteiger partial charge in [0.2, 0.25) is 0 Å². The fourth-order valence-electron chi connectivity index (χ4n) is 2.02. The van der Waals surface area contributed by atoms with E-state index in [9.17, 15) is 9.90 Å². The Balaban J connectivity index is 2.28. The van der Waals surface area contributed by atoms with Crippen molar-refractivity contribution in [3.05, 3.63) is 49.1 Å². The van der Waals surface area contributed by atoms with Gasteiger partial charge in [0, 0.05) is 11.4 Å². The number of hydrogen-bond acceptors (Lipinski definition) is 3. The largest absolute Gasteiger partial charge is 0.506 e. The molecule has 1 aromatic heterocycles. The van der Waals surface area contributed by atoms with Crippen LogP contribution in [0.15, 0.2) is 28.7 Å². The molecule has 1 aromatic carbocycles. The first-order valence-electron chi connectivity index (χ1n) is 6.45. The maximum Gasteiger partial charge on any atom is 0.257 e. The zero-order valence-electron chi connectivity index (χ0n) is 11.7. The van der Waals surface area contributed by atoms with Crippen LogP contribution in [0, 0.1) is 6.92 Å². The van der Waals surface area contributed by atoms with Gasteiger partial charge in [0.1, 0.15) is 5.75 Å². The third-order valence-corrected chi connectivity index (χ3v) is 4.90. The number of aryl methyl sites for hydroxylation is 1. The Kier molecular flexibility index (Phi) is 5.30. The van der Waals surface area contributed by atoms with E-state index in [0.29, 0.717) is 27.5 Å². The van der Waals surface area contributed by atoms with E-state index in [1.165, 1.54) is 11.3 Å². The van der Waals surface area contributed by atoms with Crippen LogP contribution >= 0.6 is 38.9 Å². The first-order chi connectivity index (χ1) is 9.92. The van der Waals surface area contributed by atoms with Crippen LogP contribution in [0.2, 0.25) is 4.34 Å². The van der Waals surface area contributed by atoms with Crippen molar-refractivity contribution in [2.75, 3.05) is 6.54 Å². The molecule has 1 N–H and O–H groups in total. The van der Waals surface area contributed by atoms with Crippen LogP contribution in [-0.4, -0.2) is 22.5 Å². The van der Waals surface area contributed by atoms with E-state index in [0.717, 1.165) is 10.4 Å². The number of halogens is 2. The molecule has 0 fully saturated rings. The van der Waals surface area contributed by atoms with Gasteiger partial charge in [-0.1, -0.05) is 11.6 Å². The lowest BCUT2D eigenvalue weighted by atomic mass is 10.1. The molecule has 0 bridgehead atoms. The molecule has 2 rings (SSSR count). The number of benzene rings is 1. The second kappa shape index (κ2) is 6.81. The SMILES string of the molecule is CCN(Cc1ccc(Cl)s1)C(=O)c1cc(C)cc(Br)c1O. The van der Waals surface area contributed by atoms with Gasteiger partial charge in [0.05, 0.1) is 20.9 Å². The first-order valence-corrected chi connectivity index (χ1v) is 8.43. The molecule has 0 atom stereocenters. The minimum absolute atomic E-state index is 0.0201. The van der Waals surface area contributed by atoms with Crippen molar-refractivity contribution in [1.29, 1.82) is 0 Å². The standard InChI is InChI=1S/C15H15BrClNO2S/c1-3-18(8-10-4-5-13(17)21-10)15(20)11-6-9(2)7-12(16)14(11)19/h4-7,19H,3,8H2,1-2H3. The van der Waals surface area contributed by atoms with Crippen molar-refractivity contribution in [2.45, 2.75) is 20.4 Å². The average Bonchev–Trinajstić information content (AvgIpc) is 2.85. The number of hydrogen-bond donors (Lipinski definition) is 1. The van der Waals surface area contributed by atoms with Crippen LogP contribution in [0.1, 0.15) is 27.7 Å². The van der Waals surface area contributed by atoms with Gasteiger partial charge in [-0.3, -0.25) is 4.79 Å². The fourth-order valence-corrected chi connectivity index (χ4v) is 3.70. The number of carbonyl (C=O) groups excluding carboxylic acids is 1. The van der Waals surface area contributed by atoms with Gasteiger partial charge < -0.3 is 10.0 Å². The number of rotatable bonds is 4. The van der Waals surface area contributed by atoms with E-state index in [4.69, 9.17) is 11.6 Å². The molecule has 0 spiro atoms. The highest BCUT2D eigenvalue weighted by atomic mass is 79.9. The van der Waals surface area contributed by atoms with Crippen molar-refractivity contribution >= 4 is 44.8 Å². The molecule has 0 unspecified atom stereocenters. The second-order valence-corrected chi connectivity index (χ2v) is 7.32. The lowest BCUT2D eigenvalue weighted by Crippen LogP contribution is -2.30. The number of thiophene rings is 1. The summed E-state index contributed by atoms with van der Waals surface area (Å²) < 4.78 is 1.23. The predicted octanol–water partition coefficient (Wildman–Crippen LogP) is 4.84. The number of phenolic OH excluding ortho intramolecular Hbond substituents is 1. The summed E-state index contributed by atoms with van der Waals surface area (Å²) >= 11 is 10.6. The van der Waals surface area contributed by atoms with Gasteiger partial charge in [-0.25, -0.2) is 0 Å². The minimum atomic E-state index is -0.191. The molecule has 1 heterocycles. The Labute approximate surface area is 141 Å². The molecular formula is C15H15BrClNO2S. The number of carbonyl (C=O) groups is 1. The Morgan fingerprint density at radius 1 is 1.43 bits per heavy atom. The summed E-state index contributed by atoms with van der Waals surface area (Å²) in [6.45, 7) is 4.84. The van der Waals surface area contributed by atoms with Crippen LogP contribution in [0.25, 0.3) is 0 Å². The van der Waals surface area contributed by atoms with E-state index in [-0.39, 0.29) is 11.7 Å². The molecule has 0 saturated carbocycles. The molecule has 1 amide bonds. The van der Waals surface area contributed by atoms with Crippen molar-refractivity contribution in [2.24, 2.45) is 0 Å². The molecule has 0 aliphatic rings. The van der Waals surface area contributed by atoms with Crippen molar-refractivity contribution in [3.8, 4) is 5.75 Å². The van der Waals surface area contributed by atoms with Gasteiger partial charge in [-0.2, -0.15) is 0 Å². The fraction of sp³-hybridized carbons (Fsp3) is 0.267. The first kappa shape index (κ1) is 16.3. The highest BCUT2D eigenvalue weighted by Crippen LogP contribution is 2.31. The number of aromatic hydroxyl groups is 1. The third kappa shape index (κ3) is 3.78.